The predicted octanol–water partition coefficient (Wildman–Crippen LogP) is 2.96. The Balaban J connectivity index is 1.70. The summed E-state index contributed by atoms with van der Waals surface area (Å²) in [4.78, 5) is 16.2. The number of hydrogen-bond donors (Lipinski definition) is 2. The number of nitrogens with zero attached hydrogens (tertiary/aromatic N) is 1. The molecule has 1 aromatic rings. The molecule has 4 nitrogen and oxygen atoms in total. The van der Waals surface area contributed by atoms with Gasteiger partial charge in [-0.25, -0.2) is 9.78 Å². The van der Waals surface area contributed by atoms with E-state index < -0.39 is 0 Å². The molecule has 0 saturated heterocycles. The molecule has 0 unspecified atom stereocenters. The number of amides is 2. The van der Waals surface area contributed by atoms with Gasteiger partial charge in [-0.05, 0) is 32.9 Å². The summed E-state index contributed by atoms with van der Waals surface area (Å²) in [5.74, 6) is 0.690. The Bertz CT molecular complexity index is 441. The maximum atomic E-state index is 11.7. The zero-order valence-corrected chi connectivity index (χ0v) is 13.3. The highest BCUT2D eigenvalue weighted by atomic mass is 32.2. The van der Waals surface area contributed by atoms with Crippen molar-refractivity contribution in [1.82, 2.24) is 15.6 Å². The summed E-state index contributed by atoms with van der Waals surface area (Å²) in [6, 6.07) is -0.122. The maximum absolute atomic E-state index is 11.7. The summed E-state index contributed by atoms with van der Waals surface area (Å²) in [5, 5.41) is 9.01. The van der Waals surface area contributed by atoms with Gasteiger partial charge in [0.2, 0.25) is 0 Å². The molecule has 0 radical (unpaired) electrons. The lowest BCUT2D eigenvalue weighted by Crippen LogP contribution is -2.41. The molecule has 0 atom stereocenters. The van der Waals surface area contributed by atoms with E-state index in [-0.39, 0.29) is 10.8 Å². The summed E-state index contributed by atoms with van der Waals surface area (Å²) < 4.78 is 0.0666. The van der Waals surface area contributed by atoms with Crippen LogP contribution in [0.25, 0.3) is 0 Å². The number of nitrogens with one attached hydrogen (secondary N) is 2. The average Bonchev–Trinajstić information content (AvgIpc) is 3.13. The van der Waals surface area contributed by atoms with Crippen LogP contribution in [0.4, 0.5) is 4.79 Å². The number of thioether (sulfide) groups is 1. The zero-order valence-electron chi connectivity index (χ0n) is 11.7. The normalized spacial score (nSPS) is 15.3. The van der Waals surface area contributed by atoms with Gasteiger partial charge in [0.05, 0.1) is 17.2 Å². The van der Waals surface area contributed by atoms with Crippen molar-refractivity contribution in [3.63, 3.8) is 0 Å². The zero-order chi connectivity index (χ0) is 13.9. The van der Waals surface area contributed by atoms with Crippen molar-refractivity contribution in [2.24, 2.45) is 0 Å². The fraction of sp³-hybridized carbons (Fsp3) is 0.692. The first-order valence-corrected chi connectivity index (χ1v) is 8.62. The molecule has 1 heterocycles. The van der Waals surface area contributed by atoms with Crippen LogP contribution in [0.3, 0.4) is 0 Å². The van der Waals surface area contributed by atoms with Crippen molar-refractivity contribution < 1.29 is 4.79 Å². The molecule has 1 saturated carbocycles. The number of urea groups is 1. The van der Waals surface area contributed by atoms with E-state index in [1.807, 2.05) is 11.6 Å². The van der Waals surface area contributed by atoms with Crippen molar-refractivity contribution in [3.8, 4) is 0 Å². The summed E-state index contributed by atoms with van der Waals surface area (Å²) in [6.07, 6.45) is 4.59. The second-order valence-electron chi connectivity index (χ2n) is 5.45. The first-order chi connectivity index (χ1) is 9.00. The minimum Gasteiger partial charge on any atom is -0.337 e. The molecule has 1 aromatic heterocycles. The molecule has 2 N–H and O–H groups in total. The highest BCUT2D eigenvalue weighted by Gasteiger charge is 2.26. The Kier molecular flexibility index (Phi) is 4.73. The Hall–Kier alpha value is -0.750. The van der Waals surface area contributed by atoms with Gasteiger partial charge in [-0.15, -0.1) is 11.3 Å². The standard InChI is InChI=1S/C13H21N3OS2/c1-13(2,18-3)8-15-12(17)14-6-10-7-19-11(16-10)9-4-5-9/h7,9H,4-6,8H2,1-3H3,(H2,14,15,17). The average molecular weight is 299 g/mol. The molecule has 2 rings (SSSR count). The van der Waals surface area contributed by atoms with E-state index >= 15 is 0 Å². The molecular formula is C13H21N3OS2. The fourth-order valence-electron chi connectivity index (χ4n) is 1.52. The minimum absolute atomic E-state index is 0.0666. The molecule has 2 amide bonds. The number of hydrogen-bond acceptors (Lipinski definition) is 4. The molecule has 1 fully saturated rings. The van der Waals surface area contributed by atoms with Crippen LogP contribution in [0.1, 0.15) is 43.3 Å². The Morgan fingerprint density at radius 3 is 2.89 bits per heavy atom. The van der Waals surface area contributed by atoms with E-state index in [9.17, 15) is 4.79 Å². The first-order valence-electron chi connectivity index (χ1n) is 6.51. The number of thiazole rings is 1. The lowest BCUT2D eigenvalue weighted by atomic mass is 10.2. The maximum Gasteiger partial charge on any atom is 0.315 e. The molecule has 6 heteroatoms. The summed E-state index contributed by atoms with van der Waals surface area (Å²) >= 11 is 3.45. The lowest BCUT2D eigenvalue weighted by Gasteiger charge is -2.22. The van der Waals surface area contributed by atoms with Crippen molar-refractivity contribution in [3.05, 3.63) is 16.1 Å². The van der Waals surface area contributed by atoms with Gasteiger partial charge < -0.3 is 10.6 Å². The number of aromatic nitrogens is 1. The second kappa shape index (κ2) is 6.13. The van der Waals surface area contributed by atoms with E-state index in [4.69, 9.17) is 0 Å². The highest BCUT2D eigenvalue weighted by Crippen LogP contribution is 2.41. The molecule has 0 spiro atoms. The van der Waals surface area contributed by atoms with Crippen LogP contribution in [-0.2, 0) is 6.54 Å². The SMILES string of the molecule is CSC(C)(C)CNC(=O)NCc1csc(C2CC2)n1. The summed E-state index contributed by atoms with van der Waals surface area (Å²) in [5.41, 5.74) is 0.964. The molecule has 0 aliphatic heterocycles. The van der Waals surface area contributed by atoms with Gasteiger partial charge in [-0.2, -0.15) is 11.8 Å². The molecule has 19 heavy (non-hydrogen) atoms. The van der Waals surface area contributed by atoms with E-state index in [0.29, 0.717) is 19.0 Å². The molecule has 0 bridgehead atoms. The topological polar surface area (TPSA) is 54.0 Å². The van der Waals surface area contributed by atoms with E-state index in [2.05, 4.69) is 29.5 Å². The van der Waals surface area contributed by atoms with Crippen LogP contribution in [-0.4, -0.2) is 28.6 Å². The highest BCUT2D eigenvalue weighted by molar-refractivity contribution is 7.99. The van der Waals surface area contributed by atoms with Gasteiger partial charge in [0.15, 0.2) is 0 Å². The third-order valence-corrected chi connectivity index (χ3v) is 5.46. The quantitative estimate of drug-likeness (QED) is 0.849. The van der Waals surface area contributed by atoms with Gasteiger partial charge in [0.1, 0.15) is 0 Å². The van der Waals surface area contributed by atoms with E-state index in [1.165, 1.54) is 17.8 Å². The van der Waals surface area contributed by atoms with Crippen molar-refractivity contribution >= 4 is 29.1 Å². The van der Waals surface area contributed by atoms with Gasteiger partial charge >= 0.3 is 6.03 Å². The largest absolute Gasteiger partial charge is 0.337 e. The number of carbonyl (C=O) groups excluding carboxylic acids is 1. The van der Waals surface area contributed by atoms with Crippen LogP contribution in [0.2, 0.25) is 0 Å². The molecule has 1 aliphatic carbocycles. The molecule has 106 valence electrons. The Labute approximate surface area is 122 Å². The monoisotopic (exact) mass is 299 g/mol. The number of rotatable bonds is 6. The summed E-state index contributed by atoms with van der Waals surface area (Å²) in [6.45, 7) is 5.39. The van der Waals surface area contributed by atoms with Crippen LogP contribution in [0.5, 0.6) is 0 Å². The number of carbonyl (C=O) groups is 1. The molecule has 0 aromatic carbocycles. The van der Waals surface area contributed by atoms with Gasteiger partial charge in [-0.1, -0.05) is 0 Å². The molecule has 1 aliphatic rings. The van der Waals surface area contributed by atoms with Crippen LogP contribution in [0.15, 0.2) is 5.38 Å². The first kappa shape index (κ1) is 14.7. The van der Waals surface area contributed by atoms with Crippen molar-refractivity contribution in [1.29, 1.82) is 0 Å². The van der Waals surface area contributed by atoms with Gasteiger partial charge in [0, 0.05) is 22.6 Å². The lowest BCUT2D eigenvalue weighted by molar-refractivity contribution is 0.239. The second-order valence-corrected chi connectivity index (χ2v) is 7.85. The van der Waals surface area contributed by atoms with E-state index in [1.54, 1.807) is 23.1 Å². The van der Waals surface area contributed by atoms with E-state index in [0.717, 1.165) is 5.69 Å². The van der Waals surface area contributed by atoms with Crippen LogP contribution < -0.4 is 10.6 Å². The Morgan fingerprint density at radius 2 is 2.26 bits per heavy atom. The molecular weight excluding hydrogens is 278 g/mol. The third kappa shape index (κ3) is 4.69. The van der Waals surface area contributed by atoms with Crippen LogP contribution >= 0.6 is 23.1 Å². The third-order valence-electron chi connectivity index (χ3n) is 3.15. The summed E-state index contributed by atoms with van der Waals surface area (Å²) in [7, 11) is 0. The van der Waals surface area contributed by atoms with Gasteiger partial charge in [0.25, 0.3) is 0 Å². The smallest absolute Gasteiger partial charge is 0.315 e. The van der Waals surface area contributed by atoms with Crippen molar-refractivity contribution in [2.45, 2.75) is 43.9 Å². The fourth-order valence-corrected chi connectivity index (χ4v) is 2.73. The van der Waals surface area contributed by atoms with Gasteiger partial charge in [-0.3, -0.25) is 0 Å². The Morgan fingerprint density at radius 1 is 1.53 bits per heavy atom. The minimum atomic E-state index is -0.122. The van der Waals surface area contributed by atoms with Crippen LogP contribution in [0, 0.1) is 0 Å². The predicted molar refractivity (Wildman–Crippen MR) is 81.9 cm³/mol. The van der Waals surface area contributed by atoms with Crippen molar-refractivity contribution in [2.75, 3.05) is 12.8 Å².